The van der Waals surface area contributed by atoms with E-state index in [4.69, 9.17) is 9.47 Å². The van der Waals surface area contributed by atoms with Crippen LogP contribution < -0.4 is 21.3 Å². The number of rotatable bonds is 16. The quantitative estimate of drug-likeness (QED) is 0.0966. The average Bonchev–Trinajstić information content (AvgIpc) is 3.16. The second kappa shape index (κ2) is 22.7. The molecule has 4 N–H and O–H groups in total. The molecule has 0 bridgehead atoms. The molecular weight excluding hydrogens is 768 g/mol. The van der Waals surface area contributed by atoms with Crippen molar-refractivity contribution in [1.29, 1.82) is 0 Å². The summed E-state index contributed by atoms with van der Waals surface area (Å²) in [7, 11) is 2.40. The Morgan fingerprint density at radius 3 is 1.45 bits per heavy atom. The maximum Gasteiger partial charge on any atom is 0.328 e. The number of carbonyl (C=O) groups is 6. The fraction of sp³-hybridized carbons (Fsp3) is 0.300. The first-order valence-electron chi connectivity index (χ1n) is 17.6. The largest absolute Gasteiger partial charge is 0.467 e. The van der Waals surface area contributed by atoms with E-state index in [0.717, 1.165) is 24.3 Å². The van der Waals surface area contributed by atoms with Gasteiger partial charge >= 0.3 is 11.9 Å². The van der Waals surface area contributed by atoms with Crippen LogP contribution in [0.2, 0.25) is 0 Å². The number of amides is 4. The molecule has 2 heterocycles. The van der Waals surface area contributed by atoms with Gasteiger partial charge in [-0.2, -0.15) is 0 Å². The van der Waals surface area contributed by atoms with E-state index in [1.807, 2.05) is 0 Å². The standard InChI is InChI=1S/2C20H21F2N3O4/c1-12(24-18(26)9-14-6-15(21)10-16(22)7-14)19(27)25-17(20(28)29-2)8-13-4-3-5-23-11-13;1-12(24-18(26)9-13-7-14(21)10-15(22)8-13)19(27)25-17(20(28)29-2)11-16-5-3-4-6-23-16/h3-7,10-12,17H,8-9H2,1-2H3,(H,24,26)(H,25,27);3-8,10,12,17H,9,11H2,1-2H3,(H,24,26)(H,25,27)/t2*12-,17-/m00/s1. The fourth-order valence-electron chi connectivity index (χ4n) is 5.26. The maximum atomic E-state index is 13.2. The first kappa shape index (κ1) is 45.7. The molecule has 0 saturated carbocycles. The number of nitrogens with zero attached hydrogens (tertiary/aromatic N) is 2. The third-order valence-electron chi connectivity index (χ3n) is 8.02. The van der Waals surface area contributed by atoms with Crippen LogP contribution in [0.1, 0.15) is 36.2 Å². The summed E-state index contributed by atoms with van der Waals surface area (Å²) in [6.45, 7) is 2.85. The van der Waals surface area contributed by atoms with E-state index in [9.17, 15) is 46.3 Å². The van der Waals surface area contributed by atoms with E-state index < -0.39 is 83.0 Å². The van der Waals surface area contributed by atoms with Gasteiger partial charge in [0.2, 0.25) is 23.6 Å². The second-order valence-electron chi connectivity index (χ2n) is 12.7. The van der Waals surface area contributed by atoms with Gasteiger partial charge < -0.3 is 30.7 Å². The number of hydrogen-bond acceptors (Lipinski definition) is 10. The number of pyridine rings is 2. The molecule has 4 amide bonds. The third-order valence-corrected chi connectivity index (χ3v) is 8.02. The highest BCUT2D eigenvalue weighted by atomic mass is 19.1. The molecular formula is C40H42F4N6O8. The van der Waals surface area contributed by atoms with Gasteiger partial charge in [-0.15, -0.1) is 0 Å². The first-order chi connectivity index (χ1) is 27.6. The first-order valence-corrected chi connectivity index (χ1v) is 17.6. The summed E-state index contributed by atoms with van der Waals surface area (Å²) < 4.78 is 62.3. The van der Waals surface area contributed by atoms with E-state index in [1.165, 1.54) is 28.1 Å². The predicted octanol–water partition coefficient (Wildman–Crippen LogP) is 2.62. The van der Waals surface area contributed by atoms with E-state index in [0.29, 0.717) is 23.4 Å². The van der Waals surface area contributed by atoms with Crippen molar-refractivity contribution >= 4 is 35.6 Å². The lowest BCUT2D eigenvalue weighted by Crippen LogP contribution is -2.51. The van der Waals surface area contributed by atoms with E-state index in [-0.39, 0.29) is 36.8 Å². The Labute approximate surface area is 331 Å². The highest BCUT2D eigenvalue weighted by Crippen LogP contribution is 2.11. The summed E-state index contributed by atoms with van der Waals surface area (Å²) in [6, 6.07) is 10.2. The Hall–Kier alpha value is -6.72. The molecule has 0 aliphatic heterocycles. The van der Waals surface area contributed by atoms with Crippen LogP contribution in [0.4, 0.5) is 17.6 Å². The van der Waals surface area contributed by atoms with Crippen LogP contribution >= 0.6 is 0 Å². The third kappa shape index (κ3) is 15.8. The number of esters is 2. The number of nitrogens with one attached hydrogen (secondary N) is 4. The molecule has 308 valence electrons. The Morgan fingerprint density at radius 2 is 1.05 bits per heavy atom. The number of ether oxygens (including phenoxy) is 2. The van der Waals surface area contributed by atoms with Crippen LogP contribution in [0.3, 0.4) is 0 Å². The Morgan fingerprint density at radius 1 is 0.586 bits per heavy atom. The number of carbonyl (C=O) groups excluding carboxylic acids is 6. The summed E-state index contributed by atoms with van der Waals surface area (Å²) in [4.78, 5) is 81.0. The molecule has 58 heavy (non-hydrogen) atoms. The summed E-state index contributed by atoms with van der Waals surface area (Å²) in [6.07, 6.45) is 4.37. The molecule has 4 atom stereocenters. The number of benzene rings is 2. The molecule has 4 aromatic rings. The molecule has 0 aliphatic rings. The van der Waals surface area contributed by atoms with E-state index in [2.05, 4.69) is 31.2 Å². The van der Waals surface area contributed by atoms with Gasteiger partial charge in [0.05, 0.1) is 27.1 Å². The van der Waals surface area contributed by atoms with Gasteiger partial charge in [-0.1, -0.05) is 12.1 Å². The molecule has 0 spiro atoms. The molecule has 0 saturated heterocycles. The van der Waals surface area contributed by atoms with Crippen LogP contribution in [0.15, 0.2) is 85.3 Å². The maximum absolute atomic E-state index is 13.2. The van der Waals surface area contributed by atoms with Gasteiger partial charge in [-0.05, 0) is 73.0 Å². The molecule has 0 radical (unpaired) electrons. The SMILES string of the molecule is COC(=O)[C@H](Cc1ccccn1)NC(=O)[C@H](C)NC(=O)Cc1cc(F)cc(F)c1.COC(=O)[C@H](Cc1cccnc1)NC(=O)[C@H](C)NC(=O)Cc1cc(F)cc(F)c1. The van der Waals surface area contributed by atoms with Crippen LogP contribution in [0, 0.1) is 23.3 Å². The average molecular weight is 811 g/mol. The van der Waals surface area contributed by atoms with Crippen LogP contribution in [-0.2, 0) is 63.9 Å². The minimum absolute atomic E-state index is 0.114. The Bertz CT molecular complexity index is 1860. The lowest BCUT2D eigenvalue weighted by molar-refractivity contribution is -0.145. The zero-order valence-corrected chi connectivity index (χ0v) is 31.9. The Balaban J connectivity index is 0.000000310. The highest BCUT2D eigenvalue weighted by molar-refractivity contribution is 5.92. The molecule has 2 aromatic heterocycles. The van der Waals surface area contributed by atoms with Gasteiger partial charge in [0.15, 0.2) is 0 Å². The van der Waals surface area contributed by atoms with Crippen molar-refractivity contribution in [1.82, 2.24) is 31.2 Å². The number of aromatic nitrogens is 2. The van der Waals surface area contributed by atoms with Crippen LogP contribution in [0.5, 0.6) is 0 Å². The van der Waals surface area contributed by atoms with Gasteiger partial charge in [-0.3, -0.25) is 29.1 Å². The summed E-state index contributed by atoms with van der Waals surface area (Å²) >= 11 is 0. The fourth-order valence-corrected chi connectivity index (χ4v) is 5.26. The van der Waals surface area contributed by atoms with Crippen molar-refractivity contribution in [3.05, 3.63) is 131 Å². The molecule has 4 rings (SSSR count). The molecule has 0 fully saturated rings. The Kier molecular flexibility index (Phi) is 17.9. The molecule has 0 unspecified atom stereocenters. The van der Waals surface area contributed by atoms with Crippen molar-refractivity contribution in [2.45, 2.75) is 63.7 Å². The zero-order chi connectivity index (χ0) is 42.8. The van der Waals surface area contributed by atoms with E-state index in [1.54, 1.807) is 48.9 Å². The monoisotopic (exact) mass is 810 g/mol. The summed E-state index contributed by atoms with van der Waals surface area (Å²) in [5.74, 6) is -6.91. The van der Waals surface area contributed by atoms with Crippen molar-refractivity contribution in [2.24, 2.45) is 0 Å². The normalized spacial score (nSPS) is 12.6. The van der Waals surface area contributed by atoms with Gasteiger partial charge in [0.1, 0.15) is 47.4 Å². The topological polar surface area (TPSA) is 195 Å². The van der Waals surface area contributed by atoms with Gasteiger partial charge in [0.25, 0.3) is 0 Å². The predicted molar refractivity (Wildman–Crippen MR) is 199 cm³/mol. The molecule has 18 heteroatoms. The lowest BCUT2D eigenvalue weighted by atomic mass is 10.1. The van der Waals surface area contributed by atoms with E-state index >= 15 is 0 Å². The molecule has 14 nitrogen and oxygen atoms in total. The number of hydrogen-bond donors (Lipinski definition) is 4. The smallest absolute Gasteiger partial charge is 0.328 e. The minimum Gasteiger partial charge on any atom is -0.467 e. The number of methoxy groups -OCH3 is 2. The highest BCUT2D eigenvalue weighted by Gasteiger charge is 2.27. The second-order valence-corrected chi connectivity index (χ2v) is 12.7. The number of halogens is 4. The zero-order valence-electron chi connectivity index (χ0n) is 31.9. The van der Waals surface area contributed by atoms with Gasteiger partial charge in [0, 0.05) is 49.3 Å². The lowest BCUT2D eigenvalue weighted by Gasteiger charge is -2.20. The van der Waals surface area contributed by atoms with Crippen LogP contribution in [-0.4, -0.2) is 83.9 Å². The molecule has 2 aromatic carbocycles. The summed E-state index contributed by atoms with van der Waals surface area (Å²) in [5, 5.41) is 9.91. The summed E-state index contributed by atoms with van der Waals surface area (Å²) in [5.41, 5.74) is 1.56. The molecule has 0 aliphatic carbocycles. The van der Waals surface area contributed by atoms with Crippen molar-refractivity contribution < 1.29 is 55.8 Å². The van der Waals surface area contributed by atoms with Crippen LogP contribution in [0.25, 0.3) is 0 Å². The van der Waals surface area contributed by atoms with Crippen molar-refractivity contribution in [2.75, 3.05) is 14.2 Å². The van der Waals surface area contributed by atoms with Gasteiger partial charge in [-0.25, -0.2) is 27.2 Å². The van der Waals surface area contributed by atoms with Crippen molar-refractivity contribution in [3.63, 3.8) is 0 Å². The van der Waals surface area contributed by atoms with Crippen molar-refractivity contribution in [3.8, 4) is 0 Å². The minimum atomic E-state index is -0.989.